The largest absolute Gasteiger partial charge is 0.473 e. The molecule has 7 nitrogen and oxygen atoms in total. The Morgan fingerprint density at radius 1 is 1.35 bits per heavy atom. The number of rotatable bonds is 3. The highest BCUT2D eigenvalue weighted by Gasteiger charge is 2.07. The van der Waals surface area contributed by atoms with Crippen molar-refractivity contribution in [1.29, 1.82) is 0 Å². The summed E-state index contributed by atoms with van der Waals surface area (Å²) >= 11 is 0. The maximum absolute atomic E-state index is 11.5. The van der Waals surface area contributed by atoms with Crippen molar-refractivity contribution >= 4 is 11.3 Å². The van der Waals surface area contributed by atoms with E-state index in [4.69, 9.17) is 10.5 Å². The van der Waals surface area contributed by atoms with E-state index in [0.717, 1.165) is 5.56 Å². The maximum atomic E-state index is 11.5. The number of hydrogen-bond donors (Lipinski definition) is 2. The second-order valence-corrected chi connectivity index (χ2v) is 4.39. The number of fused-ring (bicyclic) bond motifs is 1. The Morgan fingerprint density at radius 2 is 2.10 bits per heavy atom. The molecule has 0 unspecified atom stereocenters. The van der Waals surface area contributed by atoms with Crippen molar-refractivity contribution in [3.05, 3.63) is 52.2 Å². The molecule has 3 rings (SSSR count). The second kappa shape index (κ2) is 4.69. The quantitative estimate of drug-likeness (QED) is 0.689. The zero-order chi connectivity index (χ0) is 14.1. The van der Waals surface area contributed by atoms with E-state index in [1.807, 2.05) is 24.3 Å². The van der Waals surface area contributed by atoms with Crippen molar-refractivity contribution < 1.29 is 4.74 Å². The molecule has 0 spiro atoms. The Labute approximate surface area is 114 Å². The monoisotopic (exact) mass is 271 g/mol. The Bertz CT molecular complexity index is 804. The molecular weight excluding hydrogens is 258 g/mol. The van der Waals surface area contributed by atoms with E-state index < -0.39 is 0 Å². The summed E-state index contributed by atoms with van der Waals surface area (Å²) in [5.41, 5.74) is 7.48. The summed E-state index contributed by atoms with van der Waals surface area (Å²) in [6.45, 7) is 2.09. The van der Waals surface area contributed by atoms with E-state index in [2.05, 4.69) is 15.2 Å². The van der Waals surface area contributed by atoms with E-state index in [-0.39, 0.29) is 5.69 Å². The lowest BCUT2D eigenvalue weighted by Gasteiger charge is -2.07. The van der Waals surface area contributed by atoms with Crippen LogP contribution in [0.3, 0.4) is 0 Å². The summed E-state index contributed by atoms with van der Waals surface area (Å²) < 4.78 is 6.99. The Morgan fingerprint density at radius 3 is 2.85 bits per heavy atom. The topological polar surface area (TPSA) is 98.3 Å². The Hall–Kier alpha value is -2.83. The average molecular weight is 271 g/mol. The fraction of sp³-hybridized carbons (Fsp3) is 0.154. The van der Waals surface area contributed by atoms with Crippen LogP contribution in [0.2, 0.25) is 0 Å². The zero-order valence-corrected chi connectivity index (χ0v) is 10.8. The first-order valence-electron chi connectivity index (χ1n) is 6.05. The number of nitrogens with zero attached hydrogens (tertiary/aromatic N) is 3. The number of ether oxygens (including phenoxy) is 1. The van der Waals surface area contributed by atoms with Crippen LogP contribution in [-0.2, 0) is 6.61 Å². The molecule has 7 heteroatoms. The van der Waals surface area contributed by atoms with Gasteiger partial charge in [0.05, 0.1) is 0 Å². The maximum Gasteiger partial charge on any atom is 0.349 e. The highest BCUT2D eigenvalue weighted by Crippen LogP contribution is 2.13. The van der Waals surface area contributed by atoms with Gasteiger partial charge in [0.1, 0.15) is 12.4 Å². The van der Waals surface area contributed by atoms with Crippen molar-refractivity contribution in [1.82, 2.24) is 19.6 Å². The Kier molecular flexibility index (Phi) is 2.86. The lowest BCUT2D eigenvalue weighted by Crippen LogP contribution is -2.13. The second-order valence-electron chi connectivity index (χ2n) is 4.39. The predicted molar refractivity (Wildman–Crippen MR) is 73.5 cm³/mol. The van der Waals surface area contributed by atoms with Gasteiger partial charge in [-0.1, -0.05) is 12.1 Å². The van der Waals surface area contributed by atoms with Gasteiger partial charge in [0, 0.05) is 11.8 Å². The van der Waals surface area contributed by atoms with Gasteiger partial charge in [-0.15, -0.1) is 0 Å². The molecular formula is C13H13N5O2. The van der Waals surface area contributed by atoms with Gasteiger partial charge in [-0.05, 0) is 24.6 Å². The standard InChI is InChI=1S/C13H13N5O2/c1-8-15-12(6-11-16-17-13(19)18(8)11)20-7-9-2-4-10(14)5-3-9/h2-6H,7,14H2,1H3,(H,17,19). The number of aromatic amines is 1. The van der Waals surface area contributed by atoms with Gasteiger partial charge in [0.2, 0.25) is 5.88 Å². The summed E-state index contributed by atoms with van der Waals surface area (Å²) in [4.78, 5) is 15.7. The molecule has 0 bridgehead atoms. The van der Waals surface area contributed by atoms with Gasteiger partial charge in [0.25, 0.3) is 0 Å². The summed E-state index contributed by atoms with van der Waals surface area (Å²) in [7, 11) is 0. The average Bonchev–Trinajstić information content (AvgIpc) is 2.80. The van der Waals surface area contributed by atoms with Crippen LogP contribution < -0.4 is 16.2 Å². The SMILES string of the molecule is Cc1nc(OCc2ccc(N)cc2)cc2n[nH]c(=O)n12. The summed E-state index contributed by atoms with van der Waals surface area (Å²) in [6, 6.07) is 9.02. The van der Waals surface area contributed by atoms with E-state index >= 15 is 0 Å². The fourth-order valence-corrected chi connectivity index (χ4v) is 1.92. The number of nitrogens with two attached hydrogens (primary N) is 1. The van der Waals surface area contributed by atoms with Gasteiger partial charge < -0.3 is 10.5 Å². The fourth-order valence-electron chi connectivity index (χ4n) is 1.92. The van der Waals surface area contributed by atoms with E-state index in [0.29, 0.717) is 29.6 Å². The normalized spacial score (nSPS) is 10.8. The molecule has 0 atom stereocenters. The molecule has 1 aromatic carbocycles. The van der Waals surface area contributed by atoms with Crippen LogP contribution in [0.4, 0.5) is 5.69 Å². The molecule has 3 aromatic rings. The van der Waals surface area contributed by atoms with E-state index in [9.17, 15) is 4.79 Å². The molecule has 0 amide bonds. The van der Waals surface area contributed by atoms with Crippen LogP contribution in [0, 0.1) is 6.92 Å². The van der Waals surface area contributed by atoms with Gasteiger partial charge in [0.15, 0.2) is 5.65 Å². The minimum atomic E-state index is -0.310. The van der Waals surface area contributed by atoms with Crippen LogP contribution in [0.25, 0.3) is 5.65 Å². The molecule has 0 fully saturated rings. The van der Waals surface area contributed by atoms with Crippen LogP contribution in [0.1, 0.15) is 11.4 Å². The number of aromatic nitrogens is 4. The molecule has 2 heterocycles. The molecule has 0 saturated heterocycles. The summed E-state index contributed by atoms with van der Waals surface area (Å²) in [6.07, 6.45) is 0. The Balaban J connectivity index is 1.84. The number of anilines is 1. The van der Waals surface area contributed by atoms with E-state index in [1.165, 1.54) is 4.40 Å². The number of nitrogen functional groups attached to an aromatic ring is 1. The third-order valence-electron chi connectivity index (χ3n) is 2.91. The lowest BCUT2D eigenvalue weighted by molar-refractivity contribution is 0.293. The smallest absolute Gasteiger partial charge is 0.349 e. The third kappa shape index (κ3) is 2.20. The van der Waals surface area contributed by atoms with Gasteiger partial charge in [-0.3, -0.25) is 0 Å². The number of nitrogens with one attached hydrogen (secondary N) is 1. The third-order valence-corrected chi connectivity index (χ3v) is 2.91. The van der Waals surface area contributed by atoms with Crippen LogP contribution in [0.15, 0.2) is 35.1 Å². The van der Waals surface area contributed by atoms with Gasteiger partial charge in [-0.25, -0.2) is 14.3 Å². The number of H-pyrrole nitrogens is 1. The van der Waals surface area contributed by atoms with Crippen LogP contribution in [0.5, 0.6) is 5.88 Å². The van der Waals surface area contributed by atoms with Gasteiger partial charge >= 0.3 is 5.69 Å². The van der Waals surface area contributed by atoms with Crippen molar-refractivity contribution in [2.75, 3.05) is 5.73 Å². The molecule has 2 aromatic heterocycles. The van der Waals surface area contributed by atoms with Crippen LogP contribution in [-0.4, -0.2) is 19.6 Å². The molecule has 0 aliphatic heterocycles. The predicted octanol–water partition coefficient (Wildman–Crippen LogP) is 0.887. The zero-order valence-electron chi connectivity index (χ0n) is 10.8. The van der Waals surface area contributed by atoms with Crippen molar-refractivity contribution in [3.8, 4) is 5.88 Å². The number of aryl methyl sites for hydroxylation is 1. The van der Waals surface area contributed by atoms with E-state index in [1.54, 1.807) is 13.0 Å². The molecule has 3 N–H and O–H groups in total. The molecule has 0 radical (unpaired) electrons. The highest BCUT2D eigenvalue weighted by molar-refractivity contribution is 5.41. The number of hydrogen-bond acceptors (Lipinski definition) is 5. The molecule has 0 aliphatic rings. The summed E-state index contributed by atoms with van der Waals surface area (Å²) in [5.74, 6) is 0.944. The lowest BCUT2D eigenvalue weighted by atomic mass is 10.2. The minimum Gasteiger partial charge on any atom is -0.473 e. The molecule has 20 heavy (non-hydrogen) atoms. The van der Waals surface area contributed by atoms with Crippen LogP contribution >= 0.6 is 0 Å². The molecule has 102 valence electrons. The number of benzene rings is 1. The van der Waals surface area contributed by atoms with Crippen molar-refractivity contribution in [3.63, 3.8) is 0 Å². The van der Waals surface area contributed by atoms with Gasteiger partial charge in [-0.2, -0.15) is 10.1 Å². The molecule has 0 aliphatic carbocycles. The van der Waals surface area contributed by atoms with Crippen molar-refractivity contribution in [2.45, 2.75) is 13.5 Å². The highest BCUT2D eigenvalue weighted by atomic mass is 16.5. The van der Waals surface area contributed by atoms with Crippen molar-refractivity contribution in [2.24, 2.45) is 0 Å². The summed E-state index contributed by atoms with van der Waals surface area (Å²) in [5, 5.41) is 6.27. The molecule has 0 saturated carbocycles. The first-order valence-corrected chi connectivity index (χ1v) is 6.05. The minimum absolute atomic E-state index is 0.310. The first kappa shape index (κ1) is 12.2. The first-order chi connectivity index (χ1) is 9.63.